The van der Waals surface area contributed by atoms with E-state index < -0.39 is 0 Å². The minimum absolute atomic E-state index is 0.00574. The third-order valence-corrected chi connectivity index (χ3v) is 1.75. The molecular weight excluding hydrogens is 192 g/mol. The molecule has 0 aliphatic rings. The summed E-state index contributed by atoms with van der Waals surface area (Å²) in [5.41, 5.74) is 6.82. The maximum Gasteiger partial charge on any atom is 0.188 e. The number of rotatable bonds is 4. The molecule has 1 rings (SSSR count). The quantitative estimate of drug-likeness (QED) is 0.160. The van der Waals surface area contributed by atoms with Gasteiger partial charge in [0.1, 0.15) is 5.69 Å². The number of nitrogens with zero attached hydrogens (tertiary/aromatic N) is 2. The van der Waals surface area contributed by atoms with Gasteiger partial charge in [-0.2, -0.15) is 0 Å². The summed E-state index contributed by atoms with van der Waals surface area (Å²) in [5.74, 6) is 2.47. The van der Waals surface area contributed by atoms with Gasteiger partial charge in [-0.1, -0.05) is 11.1 Å². The van der Waals surface area contributed by atoms with Crippen molar-refractivity contribution in [1.82, 2.24) is 10.3 Å². The predicted octanol–water partition coefficient (Wildman–Crippen LogP) is -0.101. The van der Waals surface area contributed by atoms with E-state index in [2.05, 4.69) is 21.4 Å². The van der Waals surface area contributed by atoms with Crippen molar-refractivity contribution in [3.8, 4) is 12.3 Å². The Labute approximate surface area is 88.0 Å². The lowest BCUT2D eigenvalue weighted by molar-refractivity contribution is 0.318. The molecule has 0 saturated carbocycles. The summed E-state index contributed by atoms with van der Waals surface area (Å²) in [6.07, 6.45) is 6.69. The maximum absolute atomic E-state index is 8.47. The van der Waals surface area contributed by atoms with Gasteiger partial charge >= 0.3 is 0 Å². The van der Waals surface area contributed by atoms with Crippen LogP contribution >= 0.6 is 0 Å². The van der Waals surface area contributed by atoms with Crippen LogP contribution in [0.1, 0.15) is 11.3 Å². The normalized spacial score (nSPS) is 11.0. The van der Waals surface area contributed by atoms with Gasteiger partial charge in [0.2, 0.25) is 0 Å². The number of pyridine rings is 1. The molecule has 0 aliphatic heterocycles. The second kappa shape index (κ2) is 5.62. The molecule has 0 saturated heterocycles. The van der Waals surface area contributed by atoms with E-state index in [1.165, 1.54) is 0 Å². The summed E-state index contributed by atoms with van der Waals surface area (Å²) in [7, 11) is 0. The highest BCUT2D eigenvalue weighted by Gasteiger charge is 2.01. The van der Waals surface area contributed by atoms with Gasteiger partial charge in [0.05, 0.1) is 6.54 Å². The molecule has 4 N–H and O–H groups in total. The van der Waals surface area contributed by atoms with Crippen molar-refractivity contribution in [3.05, 3.63) is 29.6 Å². The van der Waals surface area contributed by atoms with Crippen LogP contribution in [0, 0.1) is 12.3 Å². The molecule has 1 aromatic rings. The van der Waals surface area contributed by atoms with Gasteiger partial charge in [0.25, 0.3) is 0 Å². The van der Waals surface area contributed by atoms with Gasteiger partial charge < -0.3 is 16.3 Å². The number of aromatic nitrogens is 1. The van der Waals surface area contributed by atoms with E-state index in [0.29, 0.717) is 18.8 Å². The molecule has 0 bridgehead atoms. The van der Waals surface area contributed by atoms with E-state index in [4.69, 9.17) is 17.4 Å². The summed E-state index contributed by atoms with van der Waals surface area (Å²) >= 11 is 0. The fraction of sp³-hybridized carbons (Fsp3) is 0.200. The Balaban J connectivity index is 2.71. The van der Waals surface area contributed by atoms with Gasteiger partial charge in [-0.15, -0.1) is 6.42 Å². The van der Waals surface area contributed by atoms with Crippen molar-refractivity contribution in [2.75, 3.05) is 6.54 Å². The monoisotopic (exact) mass is 204 g/mol. The second-order valence-electron chi connectivity index (χ2n) is 2.84. The Bertz CT molecular complexity index is 395. The smallest absolute Gasteiger partial charge is 0.188 e. The molecule has 15 heavy (non-hydrogen) atoms. The average Bonchev–Trinajstić information content (AvgIpc) is 2.29. The minimum Gasteiger partial charge on any atom is -0.409 e. The summed E-state index contributed by atoms with van der Waals surface area (Å²) in [6, 6.07) is 3.57. The minimum atomic E-state index is -0.00574. The Morgan fingerprint density at radius 3 is 3.20 bits per heavy atom. The number of nitrogens with one attached hydrogen (secondary N) is 1. The van der Waals surface area contributed by atoms with Crippen molar-refractivity contribution in [2.24, 2.45) is 10.9 Å². The number of hydrogen-bond donors (Lipinski definition) is 3. The van der Waals surface area contributed by atoms with E-state index in [0.717, 1.165) is 5.56 Å². The van der Waals surface area contributed by atoms with Crippen LogP contribution in [0.3, 0.4) is 0 Å². The van der Waals surface area contributed by atoms with Crippen molar-refractivity contribution in [1.29, 1.82) is 0 Å². The third-order valence-electron chi connectivity index (χ3n) is 1.75. The average molecular weight is 204 g/mol. The van der Waals surface area contributed by atoms with E-state index >= 15 is 0 Å². The molecule has 78 valence electrons. The van der Waals surface area contributed by atoms with Gasteiger partial charge in [-0.3, -0.25) is 4.98 Å². The third kappa shape index (κ3) is 3.29. The van der Waals surface area contributed by atoms with Crippen LogP contribution < -0.4 is 11.1 Å². The van der Waals surface area contributed by atoms with Crippen molar-refractivity contribution < 1.29 is 5.21 Å². The lowest BCUT2D eigenvalue weighted by Crippen LogP contribution is -2.17. The molecule has 1 aromatic heterocycles. The van der Waals surface area contributed by atoms with E-state index in [9.17, 15) is 0 Å². The van der Waals surface area contributed by atoms with Crippen LogP contribution in [0.15, 0.2) is 23.5 Å². The fourth-order valence-electron chi connectivity index (χ4n) is 1.05. The Morgan fingerprint density at radius 2 is 2.53 bits per heavy atom. The molecule has 5 heteroatoms. The Morgan fingerprint density at radius 1 is 1.73 bits per heavy atom. The van der Waals surface area contributed by atoms with E-state index in [1.54, 1.807) is 12.3 Å². The summed E-state index contributed by atoms with van der Waals surface area (Å²) in [5, 5.41) is 14.4. The molecule has 0 radical (unpaired) electrons. The molecule has 0 spiro atoms. The largest absolute Gasteiger partial charge is 0.409 e. The van der Waals surface area contributed by atoms with Crippen molar-refractivity contribution in [2.45, 2.75) is 6.54 Å². The van der Waals surface area contributed by atoms with E-state index in [-0.39, 0.29) is 5.84 Å². The molecule has 0 fully saturated rings. The highest BCUT2D eigenvalue weighted by atomic mass is 16.4. The van der Waals surface area contributed by atoms with Crippen LogP contribution in [-0.4, -0.2) is 22.6 Å². The summed E-state index contributed by atoms with van der Waals surface area (Å²) < 4.78 is 0. The zero-order valence-corrected chi connectivity index (χ0v) is 8.14. The zero-order chi connectivity index (χ0) is 11.1. The first-order valence-electron chi connectivity index (χ1n) is 4.35. The van der Waals surface area contributed by atoms with Crippen molar-refractivity contribution in [3.63, 3.8) is 0 Å². The van der Waals surface area contributed by atoms with Crippen LogP contribution in [0.2, 0.25) is 0 Å². The Hall–Kier alpha value is -2.06. The first-order valence-corrected chi connectivity index (χ1v) is 4.35. The number of hydrogen-bond acceptors (Lipinski definition) is 4. The van der Waals surface area contributed by atoms with Gasteiger partial charge in [-0.25, -0.2) is 0 Å². The first-order chi connectivity index (χ1) is 7.27. The van der Waals surface area contributed by atoms with Gasteiger partial charge in [0.15, 0.2) is 5.84 Å². The summed E-state index contributed by atoms with van der Waals surface area (Å²) in [4.78, 5) is 3.95. The highest BCUT2D eigenvalue weighted by Crippen LogP contribution is 2.01. The van der Waals surface area contributed by atoms with Crippen LogP contribution in [0.4, 0.5) is 0 Å². The predicted molar refractivity (Wildman–Crippen MR) is 57.3 cm³/mol. The topological polar surface area (TPSA) is 83.5 Å². The standard InChI is InChI=1S/C10H12N4O/c1-2-4-12-7-8-3-5-13-9(6-8)10(11)14-15/h1,3,5-6,12,15H,4,7H2,(H2,11,14). The molecule has 1 heterocycles. The number of oxime groups is 1. The first kappa shape index (κ1) is 11.0. The lowest BCUT2D eigenvalue weighted by atomic mass is 10.2. The second-order valence-corrected chi connectivity index (χ2v) is 2.84. The molecule has 0 aliphatic carbocycles. The molecule has 0 atom stereocenters. The molecule has 0 unspecified atom stereocenters. The van der Waals surface area contributed by atoms with Crippen molar-refractivity contribution >= 4 is 5.84 Å². The molecule has 5 nitrogen and oxygen atoms in total. The molecule has 0 amide bonds. The van der Waals surface area contributed by atoms with Gasteiger partial charge in [-0.05, 0) is 17.7 Å². The van der Waals surface area contributed by atoms with Gasteiger partial charge in [0, 0.05) is 12.7 Å². The lowest BCUT2D eigenvalue weighted by Gasteiger charge is -2.03. The van der Waals surface area contributed by atoms with Crippen LogP contribution in [-0.2, 0) is 6.54 Å². The zero-order valence-electron chi connectivity index (χ0n) is 8.14. The molecular formula is C10H12N4O. The highest BCUT2D eigenvalue weighted by molar-refractivity contribution is 5.95. The molecule has 0 aromatic carbocycles. The number of terminal acetylenes is 1. The Kier molecular flexibility index (Phi) is 4.13. The number of amidine groups is 1. The maximum atomic E-state index is 8.47. The van der Waals surface area contributed by atoms with E-state index in [1.807, 2.05) is 6.07 Å². The van der Waals surface area contributed by atoms with Crippen LogP contribution in [0.5, 0.6) is 0 Å². The van der Waals surface area contributed by atoms with Crippen LogP contribution in [0.25, 0.3) is 0 Å². The SMILES string of the molecule is C#CCNCc1ccnc(C(N)=NO)c1. The number of nitrogens with two attached hydrogens (primary N) is 1. The summed E-state index contributed by atoms with van der Waals surface area (Å²) in [6.45, 7) is 1.12. The fourth-order valence-corrected chi connectivity index (χ4v) is 1.05.